The van der Waals surface area contributed by atoms with Gasteiger partial charge >= 0.3 is 0 Å². The predicted molar refractivity (Wildman–Crippen MR) is 148 cm³/mol. The largest absolute Gasteiger partial charge is 0.495 e. The van der Waals surface area contributed by atoms with E-state index in [2.05, 4.69) is 33.8 Å². The Kier molecular flexibility index (Phi) is 7.41. The van der Waals surface area contributed by atoms with Gasteiger partial charge < -0.3 is 29.7 Å². The molecule has 39 heavy (non-hydrogen) atoms. The van der Waals surface area contributed by atoms with Crippen LogP contribution in [0.5, 0.6) is 11.5 Å². The van der Waals surface area contributed by atoms with Crippen molar-refractivity contribution in [2.24, 2.45) is 0 Å². The normalized spacial score (nSPS) is 19.9. The standard InChI is InChI=1S/C26H26Cl2F2N6O3/c1-5-13(2)32-16-9-39-10-17(16)34-25-31-8-14-6-15(20-21(27)18(37-3)7-19(38-4)22(20)28)33-24(23(14)35-25)36-11-26(29,30)12-36/h5-8,16-17,32H,1-2,9-12H2,3-4H3,(H,31,34,35)/t16-,17+/m0/s1. The first kappa shape index (κ1) is 27.2. The number of hydrogen-bond donors (Lipinski definition) is 2. The number of halogens is 4. The molecule has 2 aromatic heterocycles. The minimum Gasteiger partial charge on any atom is -0.495 e. The number of anilines is 2. The Balaban J connectivity index is 1.58. The molecular formula is C26H26Cl2F2N6O3. The molecule has 0 saturated carbocycles. The quantitative estimate of drug-likeness (QED) is 0.342. The number of benzene rings is 1. The highest BCUT2D eigenvalue weighted by Crippen LogP contribution is 2.47. The van der Waals surface area contributed by atoms with Gasteiger partial charge in [0.05, 0.1) is 68.3 Å². The van der Waals surface area contributed by atoms with Gasteiger partial charge in [0.25, 0.3) is 5.92 Å². The van der Waals surface area contributed by atoms with Gasteiger partial charge in [0, 0.05) is 28.9 Å². The molecule has 0 aliphatic carbocycles. The van der Waals surface area contributed by atoms with Crippen molar-refractivity contribution >= 4 is 45.9 Å². The van der Waals surface area contributed by atoms with Crippen LogP contribution in [0.25, 0.3) is 22.2 Å². The SMILES string of the molecule is C=CC(=C)N[C@H]1COC[C@H]1Nc1ncc2cc(-c3c(Cl)c(OC)cc(OC)c3Cl)nc(N3CC(F)(F)C3)c2n1. The van der Waals surface area contributed by atoms with Crippen molar-refractivity contribution in [2.75, 3.05) is 50.7 Å². The Bertz CT molecular complexity index is 1420. The van der Waals surface area contributed by atoms with Gasteiger partial charge in [0.2, 0.25) is 5.95 Å². The zero-order valence-corrected chi connectivity index (χ0v) is 22.7. The van der Waals surface area contributed by atoms with Gasteiger partial charge in [-0.15, -0.1) is 0 Å². The lowest BCUT2D eigenvalue weighted by molar-refractivity contribution is -0.0265. The Labute approximate surface area is 233 Å². The summed E-state index contributed by atoms with van der Waals surface area (Å²) in [5, 5.41) is 7.48. The molecule has 2 fully saturated rings. The highest BCUT2D eigenvalue weighted by Gasteiger charge is 2.45. The van der Waals surface area contributed by atoms with Crippen molar-refractivity contribution in [3.63, 3.8) is 0 Å². The molecule has 0 amide bonds. The summed E-state index contributed by atoms with van der Waals surface area (Å²) in [4.78, 5) is 15.3. The van der Waals surface area contributed by atoms with Gasteiger partial charge in [-0.3, -0.25) is 0 Å². The molecule has 2 saturated heterocycles. The zero-order valence-electron chi connectivity index (χ0n) is 21.2. The van der Waals surface area contributed by atoms with E-state index >= 15 is 0 Å². The number of ether oxygens (including phenoxy) is 3. The maximum absolute atomic E-state index is 13.9. The number of allylic oxidation sites excluding steroid dienone is 1. The molecular weight excluding hydrogens is 553 g/mol. The Morgan fingerprint density at radius 3 is 2.41 bits per heavy atom. The van der Waals surface area contributed by atoms with Crippen molar-refractivity contribution in [1.82, 2.24) is 20.3 Å². The molecule has 1 aromatic carbocycles. The first-order chi connectivity index (χ1) is 18.6. The van der Waals surface area contributed by atoms with Crippen LogP contribution >= 0.6 is 23.2 Å². The first-order valence-corrected chi connectivity index (χ1v) is 12.7. The highest BCUT2D eigenvalue weighted by atomic mass is 35.5. The number of nitrogens with zero attached hydrogens (tertiary/aromatic N) is 4. The van der Waals surface area contributed by atoms with Gasteiger partial charge in [-0.25, -0.2) is 23.7 Å². The minimum absolute atomic E-state index is 0.0869. The molecule has 9 nitrogen and oxygen atoms in total. The molecule has 2 aliphatic heterocycles. The summed E-state index contributed by atoms with van der Waals surface area (Å²) >= 11 is 13.2. The van der Waals surface area contributed by atoms with E-state index in [0.29, 0.717) is 58.5 Å². The number of hydrogen-bond acceptors (Lipinski definition) is 9. The molecule has 206 valence electrons. The summed E-state index contributed by atoms with van der Waals surface area (Å²) < 4.78 is 44.2. The second kappa shape index (κ2) is 10.6. The molecule has 0 bridgehead atoms. The van der Waals surface area contributed by atoms with Crippen LogP contribution in [0, 0.1) is 0 Å². The lowest BCUT2D eigenvalue weighted by atomic mass is 10.1. The molecule has 3 aromatic rings. The fraction of sp³-hybridized carbons (Fsp3) is 0.346. The van der Waals surface area contributed by atoms with E-state index < -0.39 is 19.0 Å². The second-order valence-corrected chi connectivity index (χ2v) is 9.98. The lowest BCUT2D eigenvalue weighted by Crippen LogP contribution is -2.56. The number of nitrogens with one attached hydrogen (secondary N) is 2. The molecule has 13 heteroatoms. The average Bonchev–Trinajstić information content (AvgIpc) is 3.33. The average molecular weight is 579 g/mol. The van der Waals surface area contributed by atoms with Crippen molar-refractivity contribution in [3.05, 3.63) is 53.3 Å². The highest BCUT2D eigenvalue weighted by molar-refractivity contribution is 6.41. The molecule has 2 aliphatic rings. The van der Waals surface area contributed by atoms with Gasteiger partial charge in [0.1, 0.15) is 17.0 Å². The number of methoxy groups -OCH3 is 2. The lowest BCUT2D eigenvalue weighted by Gasteiger charge is -2.39. The molecule has 4 heterocycles. The van der Waals surface area contributed by atoms with E-state index in [4.69, 9.17) is 42.4 Å². The van der Waals surface area contributed by atoms with E-state index in [-0.39, 0.29) is 27.9 Å². The third-order valence-electron chi connectivity index (χ3n) is 6.53. The second-order valence-electron chi connectivity index (χ2n) is 9.23. The summed E-state index contributed by atoms with van der Waals surface area (Å²) in [6, 6.07) is 3.01. The maximum Gasteiger partial charge on any atom is 0.282 e. The van der Waals surface area contributed by atoms with E-state index in [1.54, 1.807) is 24.4 Å². The number of rotatable bonds is 9. The van der Waals surface area contributed by atoms with E-state index in [1.165, 1.54) is 19.1 Å². The van der Waals surface area contributed by atoms with Crippen LogP contribution in [0.15, 0.2) is 43.3 Å². The van der Waals surface area contributed by atoms with Crippen molar-refractivity contribution in [2.45, 2.75) is 18.0 Å². The first-order valence-electron chi connectivity index (χ1n) is 12.0. The monoisotopic (exact) mass is 578 g/mol. The summed E-state index contributed by atoms with van der Waals surface area (Å²) in [7, 11) is 2.93. The molecule has 2 atom stereocenters. The van der Waals surface area contributed by atoms with Crippen molar-refractivity contribution in [3.8, 4) is 22.8 Å². The molecule has 5 rings (SSSR count). The van der Waals surface area contributed by atoms with Crippen LogP contribution < -0.4 is 25.0 Å². The van der Waals surface area contributed by atoms with Gasteiger partial charge in [-0.2, -0.15) is 0 Å². The fourth-order valence-corrected chi connectivity index (χ4v) is 5.21. The zero-order chi connectivity index (χ0) is 27.9. The topological polar surface area (TPSA) is 93.7 Å². The molecule has 2 N–H and O–H groups in total. The van der Waals surface area contributed by atoms with Crippen LogP contribution in [0.3, 0.4) is 0 Å². The van der Waals surface area contributed by atoms with Gasteiger partial charge in [-0.05, 0) is 12.1 Å². The Morgan fingerprint density at radius 1 is 1.13 bits per heavy atom. The van der Waals surface area contributed by atoms with Crippen LogP contribution in [-0.4, -0.2) is 73.5 Å². The van der Waals surface area contributed by atoms with Crippen LogP contribution in [0.1, 0.15) is 0 Å². The molecule has 0 unspecified atom stereocenters. The predicted octanol–water partition coefficient (Wildman–Crippen LogP) is 4.94. The van der Waals surface area contributed by atoms with Gasteiger partial charge in [-0.1, -0.05) is 36.4 Å². The Hall–Kier alpha value is -3.41. The third-order valence-corrected chi connectivity index (χ3v) is 7.28. The molecule has 0 radical (unpaired) electrons. The van der Waals surface area contributed by atoms with E-state index in [1.807, 2.05) is 0 Å². The number of aromatic nitrogens is 3. The smallest absolute Gasteiger partial charge is 0.282 e. The molecule has 0 spiro atoms. The summed E-state index contributed by atoms with van der Waals surface area (Å²) in [5.74, 6) is -1.63. The third kappa shape index (κ3) is 5.26. The van der Waals surface area contributed by atoms with E-state index in [0.717, 1.165) is 0 Å². The fourth-order valence-electron chi connectivity index (χ4n) is 4.51. The van der Waals surface area contributed by atoms with Crippen LogP contribution in [0.4, 0.5) is 20.5 Å². The van der Waals surface area contributed by atoms with Crippen molar-refractivity contribution < 1.29 is 23.0 Å². The van der Waals surface area contributed by atoms with Gasteiger partial charge in [0.15, 0.2) is 5.82 Å². The number of fused-ring (bicyclic) bond motifs is 1. The number of alkyl halides is 2. The Morgan fingerprint density at radius 2 is 1.79 bits per heavy atom. The van der Waals surface area contributed by atoms with Crippen LogP contribution in [0.2, 0.25) is 10.0 Å². The minimum atomic E-state index is -2.83. The summed E-state index contributed by atoms with van der Waals surface area (Å²) in [6.45, 7) is 7.48. The van der Waals surface area contributed by atoms with Crippen molar-refractivity contribution in [1.29, 1.82) is 0 Å². The summed E-state index contributed by atoms with van der Waals surface area (Å²) in [5.41, 5.74) is 1.74. The van der Waals surface area contributed by atoms with E-state index in [9.17, 15) is 8.78 Å². The number of pyridine rings is 1. The van der Waals surface area contributed by atoms with Crippen LogP contribution in [-0.2, 0) is 4.74 Å². The summed E-state index contributed by atoms with van der Waals surface area (Å²) in [6.07, 6.45) is 3.22. The maximum atomic E-state index is 13.9.